The van der Waals surface area contributed by atoms with Gasteiger partial charge in [-0.1, -0.05) is 12.1 Å². The summed E-state index contributed by atoms with van der Waals surface area (Å²) in [5, 5.41) is 0. The molecule has 2 saturated heterocycles. The van der Waals surface area contributed by atoms with E-state index < -0.39 is 10.0 Å². The van der Waals surface area contributed by atoms with Crippen LogP contribution in [0.1, 0.15) is 36.8 Å². The number of likely N-dealkylation sites (tertiary alicyclic amines) is 1. The zero-order chi connectivity index (χ0) is 21.7. The van der Waals surface area contributed by atoms with Crippen molar-refractivity contribution in [2.24, 2.45) is 35.0 Å². The van der Waals surface area contributed by atoms with E-state index in [9.17, 15) is 18.0 Å². The van der Waals surface area contributed by atoms with Gasteiger partial charge in [-0.25, -0.2) is 8.42 Å². The minimum atomic E-state index is -3.50. The fourth-order valence-electron chi connectivity index (χ4n) is 7.25. The number of nitrogens with zero attached hydrogens (tertiary/aromatic N) is 2. The summed E-state index contributed by atoms with van der Waals surface area (Å²) in [5.74, 6) is 1.54. The summed E-state index contributed by atoms with van der Waals surface area (Å²) in [7, 11) is -3.50. The average Bonchev–Trinajstić information content (AvgIpc) is 3.09. The Bertz CT molecular complexity index is 1090. The molecule has 166 valence electrons. The number of sulfonamides is 1. The first kappa shape index (κ1) is 19.9. The molecule has 7 rings (SSSR count). The molecule has 6 nitrogen and oxygen atoms in total. The fraction of sp³-hybridized carbons (Fsp3) is 0.667. The number of amides is 1. The molecule has 4 aliphatic carbocycles. The number of hydrogen-bond donors (Lipinski definition) is 0. The summed E-state index contributed by atoms with van der Waals surface area (Å²) in [4.78, 5) is 27.9. The first-order chi connectivity index (χ1) is 14.7. The first-order valence-corrected chi connectivity index (χ1v) is 13.1. The molecule has 1 aromatic carbocycles. The number of carbonyl (C=O) groups is 2. The molecular weight excluding hydrogens is 412 g/mol. The molecular formula is C24H30N2O4S. The van der Waals surface area contributed by atoms with Gasteiger partial charge in [-0.15, -0.1) is 0 Å². The lowest BCUT2D eigenvalue weighted by molar-refractivity contribution is -0.138. The Hall–Kier alpha value is -1.73. The van der Waals surface area contributed by atoms with Crippen molar-refractivity contribution in [1.82, 2.24) is 9.21 Å². The van der Waals surface area contributed by atoms with Crippen LogP contribution in [0.2, 0.25) is 0 Å². The molecule has 0 N–H and O–H groups in total. The third-order valence-electron chi connectivity index (χ3n) is 9.08. The molecule has 0 radical (unpaired) electrons. The Morgan fingerprint density at radius 3 is 2.42 bits per heavy atom. The molecule has 0 aromatic heterocycles. The Morgan fingerprint density at radius 2 is 1.81 bits per heavy atom. The Morgan fingerprint density at radius 1 is 1.10 bits per heavy atom. The van der Waals surface area contributed by atoms with E-state index in [1.165, 1.54) is 0 Å². The van der Waals surface area contributed by atoms with Crippen molar-refractivity contribution in [3.05, 3.63) is 29.3 Å². The van der Waals surface area contributed by atoms with Crippen LogP contribution in [-0.2, 0) is 19.6 Å². The zero-order valence-electron chi connectivity index (χ0n) is 18.2. The summed E-state index contributed by atoms with van der Waals surface area (Å²) in [5.41, 5.74) is 1.76. The number of Topliss-reactive ketones (excluding diaryl/α,β-unsaturated/α-hetero) is 1. The van der Waals surface area contributed by atoms with Crippen LogP contribution < -0.4 is 0 Å². The summed E-state index contributed by atoms with van der Waals surface area (Å²) < 4.78 is 28.1. The molecule has 0 unspecified atom stereocenters. The Labute approximate surface area is 184 Å². The van der Waals surface area contributed by atoms with Crippen LogP contribution in [0.4, 0.5) is 0 Å². The molecule has 1 amide bonds. The second-order valence-electron chi connectivity index (χ2n) is 10.7. The van der Waals surface area contributed by atoms with Crippen LogP contribution in [0, 0.1) is 48.9 Å². The van der Waals surface area contributed by atoms with Crippen molar-refractivity contribution in [3.63, 3.8) is 0 Å². The third kappa shape index (κ3) is 2.75. The van der Waals surface area contributed by atoms with E-state index >= 15 is 0 Å². The quantitative estimate of drug-likeness (QED) is 0.720. The van der Waals surface area contributed by atoms with Crippen LogP contribution in [-0.4, -0.2) is 55.5 Å². The second-order valence-corrected chi connectivity index (χ2v) is 12.6. The number of ketones is 1. The molecule has 6 fully saturated rings. The molecule has 31 heavy (non-hydrogen) atoms. The maximum Gasteiger partial charge on any atom is 0.243 e. The van der Waals surface area contributed by atoms with Gasteiger partial charge >= 0.3 is 0 Å². The van der Waals surface area contributed by atoms with Gasteiger partial charge in [0.15, 0.2) is 0 Å². The molecule has 4 bridgehead atoms. The predicted octanol–water partition coefficient (Wildman–Crippen LogP) is 2.39. The molecule has 4 saturated carbocycles. The monoisotopic (exact) mass is 442 g/mol. The normalized spacial score (nSPS) is 35.9. The van der Waals surface area contributed by atoms with Crippen LogP contribution >= 0.6 is 0 Å². The summed E-state index contributed by atoms with van der Waals surface area (Å²) in [6, 6.07) is 5.58. The third-order valence-corrected chi connectivity index (χ3v) is 11.1. The molecule has 2 aliphatic heterocycles. The maximum absolute atomic E-state index is 13.3. The lowest BCUT2D eigenvalue weighted by atomic mass is 9.78. The Kier molecular flexibility index (Phi) is 4.12. The average molecular weight is 443 g/mol. The minimum absolute atomic E-state index is 0.00592. The molecule has 1 aromatic rings. The van der Waals surface area contributed by atoms with E-state index in [0.717, 1.165) is 49.9 Å². The SMILES string of the molecule is Cc1ccc(C)c(S(=O)(=O)N2CCC3(CCN(C(=O)[C@H]4[C@H]5[C@H]6C[C@@H]4C(=O)[C@H]65)C3)CC2)c1. The van der Waals surface area contributed by atoms with Crippen LogP contribution in [0.3, 0.4) is 0 Å². The van der Waals surface area contributed by atoms with Gasteiger partial charge in [0, 0.05) is 38.0 Å². The highest BCUT2D eigenvalue weighted by molar-refractivity contribution is 7.89. The van der Waals surface area contributed by atoms with Gasteiger partial charge in [0.05, 0.1) is 10.8 Å². The number of aryl methyl sites for hydroxylation is 2. The lowest BCUT2D eigenvalue weighted by Crippen LogP contribution is -2.45. The van der Waals surface area contributed by atoms with E-state index in [-0.39, 0.29) is 29.1 Å². The highest BCUT2D eigenvalue weighted by atomic mass is 32.2. The topological polar surface area (TPSA) is 74.8 Å². The van der Waals surface area contributed by atoms with Gasteiger partial charge in [0.2, 0.25) is 15.9 Å². The molecule has 6 aliphatic rings. The number of rotatable bonds is 3. The molecule has 7 heteroatoms. The number of benzene rings is 1. The van der Waals surface area contributed by atoms with Gasteiger partial charge in [-0.05, 0) is 74.0 Å². The molecule has 1 spiro atoms. The van der Waals surface area contributed by atoms with Crippen molar-refractivity contribution in [1.29, 1.82) is 0 Å². The highest BCUT2D eigenvalue weighted by Crippen LogP contribution is 2.71. The van der Waals surface area contributed by atoms with Gasteiger partial charge in [0.25, 0.3) is 0 Å². The largest absolute Gasteiger partial charge is 0.342 e. The highest BCUT2D eigenvalue weighted by Gasteiger charge is 2.75. The standard InChI is InChI=1S/C24H30N2O4S/c1-14-3-4-15(2)18(11-14)31(29,30)26-9-6-24(7-10-26)5-8-25(13-24)23(28)21-17-12-16-19(21)20(16)22(17)27/h3-4,11,16-17,19-21H,5-10,12-13H2,1-2H3/t16-,17+,19+,20-,21-/m1/s1. The molecule has 2 heterocycles. The van der Waals surface area contributed by atoms with Gasteiger partial charge < -0.3 is 4.90 Å². The summed E-state index contributed by atoms with van der Waals surface area (Å²) >= 11 is 0. The van der Waals surface area contributed by atoms with Crippen molar-refractivity contribution >= 4 is 21.7 Å². The van der Waals surface area contributed by atoms with Crippen molar-refractivity contribution in [2.45, 2.75) is 44.4 Å². The lowest BCUT2D eigenvalue weighted by Gasteiger charge is -2.39. The maximum atomic E-state index is 13.3. The summed E-state index contributed by atoms with van der Waals surface area (Å²) in [6.07, 6.45) is 3.47. The van der Waals surface area contributed by atoms with Gasteiger partial charge in [-0.2, -0.15) is 4.31 Å². The smallest absolute Gasteiger partial charge is 0.243 e. The van der Waals surface area contributed by atoms with Gasteiger partial charge in [0.1, 0.15) is 5.78 Å². The first-order valence-electron chi connectivity index (χ1n) is 11.6. The fourth-order valence-corrected chi connectivity index (χ4v) is 9.00. The number of hydrogen-bond acceptors (Lipinski definition) is 4. The van der Waals surface area contributed by atoms with E-state index in [4.69, 9.17) is 0 Å². The summed E-state index contributed by atoms with van der Waals surface area (Å²) in [6.45, 7) is 6.26. The van der Waals surface area contributed by atoms with E-state index in [0.29, 0.717) is 35.6 Å². The number of carbonyl (C=O) groups excluding carboxylic acids is 2. The van der Waals surface area contributed by atoms with Crippen molar-refractivity contribution in [2.75, 3.05) is 26.2 Å². The van der Waals surface area contributed by atoms with Crippen LogP contribution in [0.25, 0.3) is 0 Å². The van der Waals surface area contributed by atoms with Crippen molar-refractivity contribution in [3.8, 4) is 0 Å². The molecule has 5 atom stereocenters. The number of piperidine rings is 1. The zero-order valence-corrected chi connectivity index (χ0v) is 19.0. The second kappa shape index (κ2) is 6.41. The van der Waals surface area contributed by atoms with Crippen molar-refractivity contribution < 1.29 is 18.0 Å². The van der Waals surface area contributed by atoms with E-state index in [1.807, 2.05) is 30.9 Å². The predicted molar refractivity (Wildman–Crippen MR) is 115 cm³/mol. The van der Waals surface area contributed by atoms with E-state index in [1.54, 1.807) is 10.4 Å². The van der Waals surface area contributed by atoms with Gasteiger partial charge in [-0.3, -0.25) is 9.59 Å². The van der Waals surface area contributed by atoms with Crippen LogP contribution in [0.15, 0.2) is 23.1 Å². The van der Waals surface area contributed by atoms with Crippen LogP contribution in [0.5, 0.6) is 0 Å². The minimum Gasteiger partial charge on any atom is -0.342 e. The Balaban J connectivity index is 1.13. The van der Waals surface area contributed by atoms with E-state index in [2.05, 4.69) is 0 Å².